The fraction of sp³-hybridized carbons (Fsp3) is 0.464. The van der Waals surface area contributed by atoms with Crippen LogP contribution in [0.25, 0.3) is 0 Å². The van der Waals surface area contributed by atoms with Crippen LogP contribution in [-0.2, 0) is 4.79 Å². The molecule has 0 radical (unpaired) electrons. The van der Waals surface area contributed by atoms with Gasteiger partial charge in [-0.3, -0.25) is 14.5 Å². The van der Waals surface area contributed by atoms with E-state index in [4.69, 9.17) is 33.1 Å². The predicted octanol–water partition coefficient (Wildman–Crippen LogP) is 4.93. The van der Waals surface area contributed by atoms with Crippen LogP contribution in [0.4, 0.5) is 0 Å². The van der Waals surface area contributed by atoms with Crippen LogP contribution in [-0.4, -0.2) is 95.5 Å². The summed E-state index contributed by atoms with van der Waals surface area (Å²) in [4.78, 5) is 29.0. The number of thioether (sulfide) groups is 1. The van der Waals surface area contributed by atoms with Crippen LogP contribution in [0.15, 0.2) is 42.5 Å². The van der Waals surface area contributed by atoms with E-state index in [2.05, 4.69) is 27.6 Å². The third-order valence-corrected chi connectivity index (χ3v) is 8.47. The minimum Gasteiger partial charge on any atom is -0.481 e. The molecule has 1 N–H and O–H groups in total. The van der Waals surface area contributed by atoms with Crippen LogP contribution in [0, 0.1) is 11.3 Å². The second kappa shape index (κ2) is 14.8. The van der Waals surface area contributed by atoms with Gasteiger partial charge in [-0.05, 0) is 48.9 Å². The largest absolute Gasteiger partial charge is 0.481 e. The van der Waals surface area contributed by atoms with Crippen LogP contribution in [0.1, 0.15) is 40.7 Å². The van der Waals surface area contributed by atoms with Gasteiger partial charge in [-0.2, -0.15) is 17.0 Å². The highest BCUT2D eigenvalue weighted by Crippen LogP contribution is 2.30. The fourth-order valence-electron chi connectivity index (χ4n) is 4.72. The molecule has 2 saturated heterocycles. The molecule has 0 aliphatic carbocycles. The molecule has 2 fully saturated rings. The first-order valence-corrected chi connectivity index (χ1v) is 14.5. The third kappa shape index (κ3) is 8.89. The van der Waals surface area contributed by atoms with E-state index in [0.29, 0.717) is 33.8 Å². The summed E-state index contributed by atoms with van der Waals surface area (Å²) in [6, 6.07) is 15.4. The number of nitriles is 1. The fourth-order valence-corrected chi connectivity index (χ4v) is 5.96. The number of benzene rings is 2. The van der Waals surface area contributed by atoms with Crippen molar-refractivity contribution in [2.24, 2.45) is 0 Å². The van der Waals surface area contributed by atoms with Gasteiger partial charge < -0.3 is 14.9 Å². The first kappa shape index (κ1) is 30.3. The lowest BCUT2D eigenvalue weighted by molar-refractivity contribution is -0.134. The molecule has 2 aromatic carbocycles. The van der Waals surface area contributed by atoms with E-state index < -0.39 is 5.97 Å². The van der Waals surface area contributed by atoms with E-state index in [9.17, 15) is 10.1 Å². The lowest BCUT2D eigenvalue weighted by Gasteiger charge is -2.47. The van der Waals surface area contributed by atoms with E-state index in [-0.39, 0.29) is 11.8 Å². The SMILES string of the molecule is CC(=O)O.CN(C[C@@H](CCN1CC(N2CCSCC2)C1)c1ccc(Cl)c(Cl)c1)C(=O)c1cccc(C#N)c1. The summed E-state index contributed by atoms with van der Waals surface area (Å²) in [7, 11) is 1.82. The minimum absolute atomic E-state index is 0.0888. The van der Waals surface area contributed by atoms with Crippen molar-refractivity contribution in [1.82, 2.24) is 14.7 Å². The summed E-state index contributed by atoms with van der Waals surface area (Å²) in [5, 5.41) is 17.7. The van der Waals surface area contributed by atoms with Crippen LogP contribution < -0.4 is 0 Å². The molecular weight excluding hydrogens is 543 g/mol. The Balaban J connectivity index is 0.000000934. The van der Waals surface area contributed by atoms with Gasteiger partial charge in [-0.25, -0.2) is 0 Å². The number of nitrogens with zero attached hydrogens (tertiary/aromatic N) is 4. The number of hydrogen-bond acceptors (Lipinski definition) is 6. The van der Waals surface area contributed by atoms with Crippen molar-refractivity contribution < 1.29 is 14.7 Å². The van der Waals surface area contributed by atoms with Gasteiger partial charge in [-0.15, -0.1) is 0 Å². The van der Waals surface area contributed by atoms with Crippen molar-refractivity contribution in [3.63, 3.8) is 0 Å². The summed E-state index contributed by atoms with van der Waals surface area (Å²) >= 11 is 14.5. The molecule has 0 saturated carbocycles. The molecule has 2 aliphatic rings. The van der Waals surface area contributed by atoms with Crippen molar-refractivity contribution in [1.29, 1.82) is 5.26 Å². The van der Waals surface area contributed by atoms with E-state index in [1.54, 1.807) is 29.2 Å². The van der Waals surface area contributed by atoms with Gasteiger partial charge in [0, 0.05) is 75.7 Å². The van der Waals surface area contributed by atoms with Crippen molar-refractivity contribution in [3.05, 3.63) is 69.2 Å². The molecule has 0 aromatic heterocycles. The van der Waals surface area contributed by atoms with Crippen molar-refractivity contribution in [3.8, 4) is 6.07 Å². The second-order valence-electron chi connectivity index (χ2n) is 9.62. The van der Waals surface area contributed by atoms with Crippen molar-refractivity contribution in [2.45, 2.75) is 25.3 Å². The molecule has 0 spiro atoms. The van der Waals surface area contributed by atoms with Gasteiger partial charge >= 0.3 is 0 Å². The van der Waals surface area contributed by atoms with Crippen LogP contribution in [0.5, 0.6) is 0 Å². The number of hydrogen-bond donors (Lipinski definition) is 1. The highest BCUT2D eigenvalue weighted by atomic mass is 35.5. The quantitative estimate of drug-likeness (QED) is 0.476. The molecule has 1 amide bonds. The standard InChI is InChI=1S/C26H30Cl2N4OS.C2H4O2/c1-30(26(33)21-4-2-3-19(13-21)15-29)16-22(20-5-6-24(27)25(28)14-20)7-8-31-17-23(18-31)32-9-11-34-12-10-32;1-2(3)4/h2-6,13-14,22-23H,7-12,16-18H2,1H3;1H3,(H,3,4)/t22-;/m1./s1. The summed E-state index contributed by atoms with van der Waals surface area (Å²) in [6.07, 6.45) is 0.927. The van der Waals surface area contributed by atoms with Gasteiger partial charge in [0.2, 0.25) is 0 Å². The smallest absolute Gasteiger partial charge is 0.300 e. The summed E-state index contributed by atoms with van der Waals surface area (Å²) < 4.78 is 0. The Morgan fingerprint density at radius 1 is 1.16 bits per heavy atom. The Hall–Kier alpha value is -2.28. The highest BCUT2D eigenvalue weighted by molar-refractivity contribution is 7.99. The molecule has 10 heteroatoms. The predicted molar refractivity (Wildman–Crippen MR) is 154 cm³/mol. The second-order valence-corrected chi connectivity index (χ2v) is 11.7. The van der Waals surface area contributed by atoms with E-state index >= 15 is 0 Å². The number of likely N-dealkylation sites (N-methyl/N-ethyl adjacent to an activating group) is 1. The van der Waals surface area contributed by atoms with Gasteiger partial charge in [0.15, 0.2) is 0 Å². The zero-order valence-corrected chi connectivity index (χ0v) is 24.1. The Morgan fingerprint density at radius 2 is 1.84 bits per heavy atom. The number of carboxylic acids is 1. The molecule has 2 aliphatic heterocycles. The third-order valence-electron chi connectivity index (χ3n) is 6.79. The number of rotatable bonds is 8. The number of amides is 1. The van der Waals surface area contributed by atoms with Crippen LogP contribution in [0.3, 0.4) is 0 Å². The Labute approximate surface area is 239 Å². The van der Waals surface area contributed by atoms with Gasteiger partial charge in [0.1, 0.15) is 0 Å². The maximum Gasteiger partial charge on any atom is 0.300 e. The molecular formula is C28H34Cl2N4O3S. The first-order valence-electron chi connectivity index (χ1n) is 12.6. The minimum atomic E-state index is -0.833. The molecule has 0 unspecified atom stereocenters. The monoisotopic (exact) mass is 576 g/mol. The van der Waals surface area contributed by atoms with Gasteiger partial charge in [-0.1, -0.05) is 35.3 Å². The van der Waals surface area contributed by atoms with Gasteiger partial charge in [0.25, 0.3) is 11.9 Å². The van der Waals surface area contributed by atoms with E-state index in [1.165, 1.54) is 24.6 Å². The topological polar surface area (TPSA) is 87.9 Å². The Bertz CT molecular complexity index is 1140. The number of carbonyl (C=O) groups is 2. The number of halogens is 2. The van der Waals surface area contributed by atoms with Crippen molar-refractivity contribution >= 4 is 46.8 Å². The molecule has 2 heterocycles. The number of carbonyl (C=O) groups excluding carboxylic acids is 1. The van der Waals surface area contributed by atoms with Crippen molar-refractivity contribution in [2.75, 3.05) is 57.8 Å². The maximum absolute atomic E-state index is 13.1. The molecule has 2 aromatic rings. The molecule has 1 atom stereocenters. The number of likely N-dealkylation sites (tertiary alicyclic amines) is 1. The molecule has 4 rings (SSSR count). The number of carboxylic acid groups (broad SMARTS) is 1. The number of aliphatic carboxylic acids is 1. The van der Waals surface area contributed by atoms with E-state index in [0.717, 1.165) is 38.5 Å². The molecule has 38 heavy (non-hydrogen) atoms. The first-order chi connectivity index (χ1) is 18.2. The lowest BCUT2D eigenvalue weighted by Crippen LogP contribution is -2.61. The molecule has 204 valence electrons. The van der Waals surface area contributed by atoms with Gasteiger partial charge in [0.05, 0.1) is 21.7 Å². The average Bonchev–Trinajstić information content (AvgIpc) is 2.88. The average molecular weight is 578 g/mol. The van der Waals surface area contributed by atoms with Crippen LogP contribution >= 0.6 is 35.0 Å². The summed E-state index contributed by atoms with van der Waals surface area (Å²) in [6.45, 7) is 7.27. The van der Waals surface area contributed by atoms with Crippen LogP contribution in [0.2, 0.25) is 10.0 Å². The molecule has 0 bridgehead atoms. The normalized spacial score (nSPS) is 16.9. The molecule has 7 nitrogen and oxygen atoms in total. The Kier molecular flexibility index (Phi) is 11.8. The zero-order chi connectivity index (χ0) is 27.7. The Morgan fingerprint density at radius 3 is 2.47 bits per heavy atom. The zero-order valence-electron chi connectivity index (χ0n) is 21.8. The lowest BCUT2D eigenvalue weighted by atomic mass is 9.93. The summed E-state index contributed by atoms with van der Waals surface area (Å²) in [5.74, 6) is 1.70. The summed E-state index contributed by atoms with van der Waals surface area (Å²) in [5.41, 5.74) is 2.10. The highest BCUT2D eigenvalue weighted by Gasteiger charge is 2.32. The van der Waals surface area contributed by atoms with E-state index in [1.807, 2.05) is 25.2 Å². The maximum atomic E-state index is 13.1.